The molecule has 35 heavy (non-hydrogen) atoms. The molecule has 1 aliphatic heterocycles. The SMILES string of the molecule is N#Cc1cccnc1/C(=C(\c1ccc(/C=C/C(=O)O)cc1)c1ccc2c(c1)C(F)NN2)C1CCC1. The van der Waals surface area contributed by atoms with Crippen molar-refractivity contribution in [3.05, 3.63) is 100 Å². The Morgan fingerprint density at radius 1 is 1.14 bits per heavy atom. The topological polar surface area (TPSA) is 98.0 Å². The van der Waals surface area contributed by atoms with Gasteiger partial charge in [-0.15, -0.1) is 0 Å². The molecule has 6 nitrogen and oxygen atoms in total. The van der Waals surface area contributed by atoms with Crippen LogP contribution in [0.25, 0.3) is 17.2 Å². The smallest absolute Gasteiger partial charge is 0.328 e. The first-order valence-electron chi connectivity index (χ1n) is 11.5. The van der Waals surface area contributed by atoms with E-state index in [2.05, 4.69) is 21.9 Å². The standard InChI is InChI=1S/C28H23FN4O2/c29-28-22-15-20(11-12-23(22)32-33-28)25(19-9-6-17(7-10-19)8-13-24(34)35)26(18-3-1-4-18)27-21(16-30)5-2-14-31-27/h2,5-15,18,28,32-33H,1,3-4H2,(H,34,35)/b13-8+,26-25+. The predicted molar refractivity (Wildman–Crippen MR) is 132 cm³/mol. The molecular formula is C28H23FN4O2. The molecule has 0 radical (unpaired) electrons. The molecule has 0 amide bonds. The lowest BCUT2D eigenvalue weighted by molar-refractivity contribution is -0.131. The molecule has 3 aromatic rings. The molecule has 2 aliphatic rings. The fourth-order valence-corrected chi connectivity index (χ4v) is 4.59. The van der Waals surface area contributed by atoms with Crippen molar-refractivity contribution in [3.63, 3.8) is 0 Å². The number of fused-ring (bicyclic) bond motifs is 1. The van der Waals surface area contributed by atoms with Gasteiger partial charge in [-0.25, -0.2) is 14.6 Å². The van der Waals surface area contributed by atoms with Gasteiger partial charge in [0.05, 0.1) is 16.9 Å². The van der Waals surface area contributed by atoms with E-state index >= 15 is 0 Å². The lowest BCUT2D eigenvalue weighted by Gasteiger charge is -2.31. The maximum Gasteiger partial charge on any atom is 0.328 e. The van der Waals surface area contributed by atoms with Gasteiger partial charge in [0.2, 0.25) is 0 Å². The summed E-state index contributed by atoms with van der Waals surface area (Å²) in [5, 5.41) is 18.8. The average Bonchev–Trinajstić information content (AvgIpc) is 3.22. The normalized spacial score (nSPS) is 17.8. The Morgan fingerprint density at radius 2 is 1.91 bits per heavy atom. The van der Waals surface area contributed by atoms with Crippen LogP contribution in [0.1, 0.15) is 59.1 Å². The fourth-order valence-electron chi connectivity index (χ4n) is 4.59. The van der Waals surface area contributed by atoms with Crippen molar-refractivity contribution in [1.29, 1.82) is 5.26 Å². The highest BCUT2D eigenvalue weighted by Crippen LogP contribution is 2.46. The molecule has 5 rings (SSSR count). The van der Waals surface area contributed by atoms with Gasteiger partial charge >= 0.3 is 5.97 Å². The number of allylic oxidation sites excluding steroid dienone is 1. The second-order valence-corrected chi connectivity index (χ2v) is 8.66. The number of benzene rings is 2. The number of aromatic nitrogens is 1. The van der Waals surface area contributed by atoms with Crippen LogP contribution in [0.5, 0.6) is 0 Å². The number of aliphatic carboxylic acids is 1. The summed E-state index contributed by atoms with van der Waals surface area (Å²) in [7, 11) is 0. The molecular weight excluding hydrogens is 443 g/mol. The Morgan fingerprint density at radius 3 is 2.60 bits per heavy atom. The summed E-state index contributed by atoms with van der Waals surface area (Å²) in [5.74, 6) is -0.786. The summed E-state index contributed by atoms with van der Waals surface area (Å²) in [4.78, 5) is 15.5. The van der Waals surface area contributed by atoms with Crippen molar-refractivity contribution >= 4 is 28.9 Å². The molecule has 0 spiro atoms. The lowest BCUT2D eigenvalue weighted by Crippen LogP contribution is -2.17. The first-order chi connectivity index (χ1) is 17.0. The van der Waals surface area contributed by atoms with E-state index in [0.717, 1.165) is 53.2 Å². The van der Waals surface area contributed by atoms with Gasteiger partial charge in [0, 0.05) is 17.8 Å². The quantitative estimate of drug-likeness (QED) is 0.318. The number of nitriles is 1. The summed E-state index contributed by atoms with van der Waals surface area (Å²) in [6, 6.07) is 19.0. The van der Waals surface area contributed by atoms with Crippen molar-refractivity contribution < 1.29 is 14.3 Å². The van der Waals surface area contributed by atoms with Gasteiger partial charge in [0.15, 0.2) is 6.30 Å². The summed E-state index contributed by atoms with van der Waals surface area (Å²) in [6.07, 6.45) is 6.07. The van der Waals surface area contributed by atoms with E-state index in [4.69, 9.17) is 5.11 Å². The maximum absolute atomic E-state index is 14.5. The minimum absolute atomic E-state index is 0.226. The van der Waals surface area contributed by atoms with Crippen LogP contribution in [-0.2, 0) is 4.79 Å². The van der Waals surface area contributed by atoms with E-state index < -0.39 is 12.3 Å². The van der Waals surface area contributed by atoms with Gasteiger partial charge in [0.25, 0.3) is 0 Å². The van der Waals surface area contributed by atoms with Crippen LogP contribution >= 0.6 is 0 Å². The van der Waals surface area contributed by atoms with Crippen molar-refractivity contribution in [3.8, 4) is 6.07 Å². The van der Waals surface area contributed by atoms with Gasteiger partial charge in [0.1, 0.15) is 6.07 Å². The molecule has 1 fully saturated rings. The number of carbonyl (C=O) groups is 1. The maximum atomic E-state index is 14.5. The van der Waals surface area contributed by atoms with Crippen molar-refractivity contribution in [2.45, 2.75) is 25.6 Å². The minimum Gasteiger partial charge on any atom is -0.478 e. The number of hydrazine groups is 1. The monoisotopic (exact) mass is 466 g/mol. The van der Waals surface area contributed by atoms with Gasteiger partial charge in [-0.05, 0) is 76.9 Å². The largest absolute Gasteiger partial charge is 0.478 e. The third-order valence-corrected chi connectivity index (χ3v) is 6.53. The first-order valence-corrected chi connectivity index (χ1v) is 11.5. The van der Waals surface area contributed by atoms with E-state index in [9.17, 15) is 14.4 Å². The highest BCUT2D eigenvalue weighted by Gasteiger charge is 2.30. The van der Waals surface area contributed by atoms with Crippen molar-refractivity contribution in [2.24, 2.45) is 5.92 Å². The molecule has 7 heteroatoms. The second-order valence-electron chi connectivity index (χ2n) is 8.66. The highest BCUT2D eigenvalue weighted by molar-refractivity contribution is 6.00. The third kappa shape index (κ3) is 4.44. The molecule has 0 bridgehead atoms. The van der Waals surface area contributed by atoms with Crippen LogP contribution in [0.15, 0.2) is 66.9 Å². The summed E-state index contributed by atoms with van der Waals surface area (Å²) >= 11 is 0. The number of anilines is 1. The zero-order valence-electron chi connectivity index (χ0n) is 18.8. The van der Waals surface area contributed by atoms with Gasteiger partial charge in [-0.1, -0.05) is 36.8 Å². The summed E-state index contributed by atoms with van der Waals surface area (Å²) in [5.41, 5.74) is 12.2. The fraction of sp³-hybridized carbons (Fsp3) is 0.179. The van der Waals surface area contributed by atoms with Gasteiger partial charge < -0.3 is 10.5 Å². The second kappa shape index (κ2) is 9.53. The third-order valence-electron chi connectivity index (χ3n) is 6.53. The average molecular weight is 467 g/mol. The predicted octanol–water partition coefficient (Wildman–Crippen LogP) is 5.71. The molecule has 2 heterocycles. The number of hydrogen-bond donors (Lipinski definition) is 3. The van der Waals surface area contributed by atoms with E-state index in [-0.39, 0.29) is 5.92 Å². The van der Waals surface area contributed by atoms with Crippen LogP contribution in [0, 0.1) is 17.2 Å². The number of halogens is 1. The van der Waals surface area contributed by atoms with E-state index in [0.29, 0.717) is 22.5 Å². The molecule has 1 aromatic heterocycles. The zero-order valence-corrected chi connectivity index (χ0v) is 18.8. The van der Waals surface area contributed by atoms with Crippen LogP contribution < -0.4 is 10.9 Å². The summed E-state index contributed by atoms with van der Waals surface area (Å²) in [6.45, 7) is 0. The molecule has 174 valence electrons. The summed E-state index contributed by atoms with van der Waals surface area (Å²) < 4.78 is 14.5. The molecule has 1 atom stereocenters. The molecule has 3 N–H and O–H groups in total. The van der Waals surface area contributed by atoms with Crippen LogP contribution in [0.2, 0.25) is 0 Å². The Bertz CT molecular complexity index is 1380. The first kappa shape index (κ1) is 22.5. The number of nitrogens with zero attached hydrogens (tertiary/aromatic N) is 2. The van der Waals surface area contributed by atoms with E-state index in [1.54, 1.807) is 18.3 Å². The van der Waals surface area contributed by atoms with E-state index in [1.165, 1.54) is 6.08 Å². The van der Waals surface area contributed by atoms with Crippen molar-refractivity contribution in [2.75, 3.05) is 5.43 Å². The van der Waals surface area contributed by atoms with Crippen LogP contribution in [0.4, 0.5) is 10.1 Å². The Labute approximate surface area is 202 Å². The highest BCUT2D eigenvalue weighted by atomic mass is 19.1. The van der Waals surface area contributed by atoms with Gasteiger partial charge in [-0.3, -0.25) is 4.98 Å². The van der Waals surface area contributed by atoms with Crippen LogP contribution in [0.3, 0.4) is 0 Å². The number of carboxylic acids is 1. The molecule has 1 unspecified atom stereocenters. The number of rotatable bonds is 6. The lowest BCUT2D eigenvalue weighted by atomic mass is 9.73. The number of pyridine rings is 1. The minimum atomic E-state index is -1.33. The number of carboxylic acid groups (broad SMARTS) is 1. The Balaban J connectivity index is 1.75. The van der Waals surface area contributed by atoms with E-state index in [1.807, 2.05) is 42.5 Å². The molecule has 0 saturated heterocycles. The number of nitrogens with one attached hydrogen (secondary N) is 2. The molecule has 1 saturated carbocycles. The zero-order chi connectivity index (χ0) is 24.4. The van der Waals surface area contributed by atoms with Crippen LogP contribution in [-0.4, -0.2) is 16.1 Å². The Hall–Kier alpha value is -4.28. The molecule has 2 aromatic carbocycles. The number of hydrogen-bond acceptors (Lipinski definition) is 5. The number of alkyl halides is 1. The van der Waals surface area contributed by atoms with Gasteiger partial charge in [-0.2, -0.15) is 5.26 Å². The van der Waals surface area contributed by atoms with Crippen molar-refractivity contribution in [1.82, 2.24) is 10.4 Å². The Kier molecular flexibility index (Phi) is 6.13. The molecule has 1 aliphatic carbocycles.